The summed E-state index contributed by atoms with van der Waals surface area (Å²) in [6.45, 7) is 8.94. The van der Waals surface area contributed by atoms with Gasteiger partial charge in [0.05, 0.1) is 10.7 Å². The Morgan fingerprint density at radius 2 is 2.13 bits per heavy atom. The molecule has 0 aromatic carbocycles. The molecule has 1 atom stereocenters. The summed E-state index contributed by atoms with van der Waals surface area (Å²) in [6, 6.07) is 0.412. The predicted molar refractivity (Wildman–Crippen MR) is 67.4 cm³/mol. The molecule has 0 saturated heterocycles. The molecule has 0 aliphatic rings. The highest BCUT2D eigenvalue weighted by Crippen LogP contribution is 2.25. The maximum absolute atomic E-state index is 4.69. The smallest absolute Gasteiger partial charge is 0.0934 e. The predicted octanol–water partition coefficient (Wildman–Crippen LogP) is 3.40. The van der Waals surface area contributed by atoms with Gasteiger partial charge in [0.15, 0.2) is 0 Å². The summed E-state index contributed by atoms with van der Waals surface area (Å²) in [5, 5.41) is 6.73. The molecule has 1 unspecified atom stereocenters. The Balaban J connectivity index is 2.71. The highest BCUT2D eigenvalue weighted by molar-refractivity contribution is 7.09. The first-order valence-corrected chi connectivity index (χ1v) is 6.46. The van der Waals surface area contributed by atoms with Crippen LogP contribution in [-0.2, 0) is 6.42 Å². The summed E-state index contributed by atoms with van der Waals surface area (Å²) in [5.41, 5.74) is 1.53. The molecule has 1 aromatic heterocycles. The summed E-state index contributed by atoms with van der Waals surface area (Å²) in [6.07, 6.45) is 2.16. The Morgan fingerprint density at radius 1 is 1.47 bits per heavy atom. The van der Waals surface area contributed by atoms with Crippen LogP contribution in [-0.4, -0.2) is 12.0 Å². The van der Waals surface area contributed by atoms with Gasteiger partial charge in [-0.15, -0.1) is 11.3 Å². The van der Waals surface area contributed by atoms with Crippen LogP contribution in [0.3, 0.4) is 0 Å². The van der Waals surface area contributed by atoms with Crippen molar-refractivity contribution in [3.63, 3.8) is 0 Å². The highest BCUT2D eigenvalue weighted by Gasteiger charge is 2.16. The lowest BCUT2D eigenvalue weighted by Gasteiger charge is -2.15. The van der Waals surface area contributed by atoms with E-state index in [0.717, 1.165) is 12.8 Å². The van der Waals surface area contributed by atoms with E-state index < -0.39 is 0 Å². The van der Waals surface area contributed by atoms with Crippen molar-refractivity contribution in [1.82, 2.24) is 10.3 Å². The summed E-state index contributed by atoms with van der Waals surface area (Å²) >= 11 is 1.78. The summed E-state index contributed by atoms with van der Waals surface area (Å²) in [5.74, 6) is 0. The zero-order valence-electron chi connectivity index (χ0n) is 10.4. The second kappa shape index (κ2) is 5.08. The molecular formula is C12H22N2S. The lowest BCUT2D eigenvalue weighted by atomic mass is 9.93. The number of hydrogen-bond donors (Lipinski definition) is 1. The van der Waals surface area contributed by atoms with Crippen LogP contribution in [0.1, 0.15) is 50.9 Å². The Labute approximate surface area is 97.1 Å². The van der Waals surface area contributed by atoms with Gasteiger partial charge >= 0.3 is 0 Å². The van der Waals surface area contributed by atoms with E-state index in [-0.39, 0.29) is 0 Å². The van der Waals surface area contributed by atoms with Crippen molar-refractivity contribution >= 4 is 11.3 Å². The van der Waals surface area contributed by atoms with Gasteiger partial charge in [0.25, 0.3) is 0 Å². The number of rotatable bonds is 4. The minimum atomic E-state index is 0.330. The Kier molecular flexibility index (Phi) is 4.29. The van der Waals surface area contributed by atoms with Crippen LogP contribution in [0.2, 0.25) is 0 Å². The second-order valence-corrected chi connectivity index (χ2v) is 6.10. The molecule has 1 heterocycles. The van der Waals surface area contributed by atoms with Crippen molar-refractivity contribution in [2.24, 2.45) is 5.41 Å². The molecule has 0 bridgehead atoms. The van der Waals surface area contributed by atoms with E-state index in [1.54, 1.807) is 11.3 Å². The second-order valence-electron chi connectivity index (χ2n) is 5.15. The molecule has 3 heteroatoms. The fraction of sp³-hybridized carbons (Fsp3) is 0.750. The minimum Gasteiger partial charge on any atom is -0.312 e. The molecule has 0 saturated carbocycles. The highest BCUT2D eigenvalue weighted by atomic mass is 32.1. The lowest BCUT2D eigenvalue weighted by molar-refractivity contribution is 0.409. The normalized spacial score (nSPS) is 14.2. The standard InChI is InChI=1S/C12H22N2S/c1-6-9(13-5)10-8-15-11(14-10)7-12(2,3)4/h8-9,13H,6-7H2,1-5H3. The van der Waals surface area contributed by atoms with Gasteiger partial charge in [-0.2, -0.15) is 0 Å². The van der Waals surface area contributed by atoms with Gasteiger partial charge in [-0.1, -0.05) is 27.7 Å². The van der Waals surface area contributed by atoms with Crippen LogP contribution in [0.4, 0.5) is 0 Å². The maximum atomic E-state index is 4.69. The molecule has 0 radical (unpaired) electrons. The van der Waals surface area contributed by atoms with E-state index in [0.29, 0.717) is 11.5 Å². The van der Waals surface area contributed by atoms with Gasteiger partial charge in [0.2, 0.25) is 0 Å². The number of thiazole rings is 1. The van der Waals surface area contributed by atoms with E-state index in [1.165, 1.54) is 10.7 Å². The van der Waals surface area contributed by atoms with Crippen LogP contribution in [0, 0.1) is 5.41 Å². The number of hydrogen-bond acceptors (Lipinski definition) is 3. The molecule has 0 aliphatic heterocycles. The number of nitrogens with one attached hydrogen (secondary N) is 1. The third-order valence-corrected chi connectivity index (χ3v) is 3.23. The van der Waals surface area contributed by atoms with Crippen molar-refractivity contribution in [1.29, 1.82) is 0 Å². The Morgan fingerprint density at radius 3 is 2.60 bits per heavy atom. The number of nitrogens with zero attached hydrogens (tertiary/aromatic N) is 1. The molecule has 0 spiro atoms. The molecule has 1 aromatic rings. The van der Waals surface area contributed by atoms with Crippen LogP contribution < -0.4 is 5.32 Å². The van der Waals surface area contributed by atoms with Crippen molar-refractivity contribution in [3.05, 3.63) is 16.1 Å². The topological polar surface area (TPSA) is 24.9 Å². The average molecular weight is 226 g/mol. The maximum Gasteiger partial charge on any atom is 0.0934 e. The molecule has 1 rings (SSSR count). The summed E-state index contributed by atoms with van der Waals surface area (Å²) in [4.78, 5) is 4.69. The van der Waals surface area contributed by atoms with E-state index in [4.69, 9.17) is 4.98 Å². The van der Waals surface area contributed by atoms with Crippen molar-refractivity contribution in [2.75, 3.05) is 7.05 Å². The number of aromatic nitrogens is 1. The molecular weight excluding hydrogens is 204 g/mol. The SMILES string of the molecule is CCC(NC)c1csc(CC(C)(C)C)n1. The first-order chi connectivity index (χ1) is 6.96. The van der Waals surface area contributed by atoms with E-state index >= 15 is 0 Å². The monoisotopic (exact) mass is 226 g/mol. The molecule has 0 amide bonds. The third kappa shape index (κ3) is 3.92. The van der Waals surface area contributed by atoms with Crippen LogP contribution in [0.5, 0.6) is 0 Å². The fourth-order valence-corrected chi connectivity index (χ4v) is 2.73. The van der Waals surface area contributed by atoms with Gasteiger partial charge in [0, 0.05) is 17.8 Å². The quantitative estimate of drug-likeness (QED) is 0.851. The van der Waals surface area contributed by atoms with Gasteiger partial charge in [-0.25, -0.2) is 4.98 Å². The zero-order chi connectivity index (χ0) is 11.5. The van der Waals surface area contributed by atoms with E-state index in [9.17, 15) is 0 Å². The fourth-order valence-electron chi connectivity index (χ4n) is 1.58. The zero-order valence-corrected chi connectivity index (χ0v) is 11.2. The Bertz CT molecular complexity index is 295. The van der Waals surface area contributed by atoms with Crippen molar-refractivity contribution in [2.45, 2.75) is 46.6 Å². The van der Waals surface area contributed by atoms with Gasteiger partial charge in [-0.3, -0.25) is 0 Å². The molecule has 0 fully saturated rings. The van der Waals surface area contributed by atoms with Gasteiger partial charge in [-0.05, 0) is 18.9 Å². The van der Waals surface area contributed by atoms with Crippen LogP contribution in [0.15, 0.2) is 5.38 Å². The van der Waals surface area contributed by atoms with E-state index in [1.807, 2.05) is 7.05 Å². The lowest BCUT2D eigenvalue weighted by Crippen LogP contribution is -2.16. The molecule has 2 nitrogen and oxygen atoms in total. The molecule has 86 valence electrons. The molecule has 15 heavy (non-hydrogen) atoms. The summed E-state index contributed by atoms with van der Waals surface area (Å²) < 4.78 is 0. The van der Waals surface area contributed by atoms with Crippen molar-refractivity contribution in [3.8, 4) is 0 Å². The minimum absolute atomic E-state index is 0.330. The first kappa shape index (κ1) is 12.7. The largest absolute Gasteiger partial charge is 0.312 e. The average Bonchev–Trinajstić information content (AvgIpc) is 2.52. The van der Waals surface area contributed by atoms with Gasteiger partial charge < -0.3 is 5.32 Å². The third-order valence-electron chi connectivity index (χ3n) is 2.36. The van der Waals surface area contributed by atoms with Crippen LogP contribution >= 0.6 is 11.3 Å². The first-order valence-electron chi connectivity index (χ1n) is 5.58. The van der Waals surface area contributed by atoms with Gasteiger partial charge in [0.1, 0.15) is 0 Å². The van der Waals surface area contributed by atoms with E-state index in [2.05, 4.69) is 38.4 Å². The van der Waals surface area contributed by atoms with Crippen LogP contribution in [0.25, 0.3) is 0 Å². The molecule has 1 N–H and O–H groups in total. The van der Waals surface area contributed by atoms with Crippen molar-refractivity contribution < 1.29 is 0 Å². The Hall–Kier alpha value is -0.410. The summed E-state index contributed by atoms with van der Waals surface area (Å²) in [7, 11) is 2.00. The molecule has 0 aliphatic carbocycles.